The van der Waals surface area contributed by atoms with Gasteiger partial charge in [0.1, 0.15) is 0 Å². The van der Waals surface area contributed by atoms with E-state index in [1.165, 1.54) is 4.46 Å². The first-order chi connectivity index (χ1) is 11.8. The maximum atomic E-state index is 12.5. The number of benzene rings is 1. The summed E-state index contributed by atoms with van der Waals surface area (Å²) in [6, 6.07) is 10.2. The van der Waals surface area contributed by atoms with Crippen LogP contribution in [0.25, 0.3) is 0 Å². The number of hydrogen-bond acceptors (Lipinski definition) is 3. The van der Waals surface area contributed by atoms with Crippen LogP contribution in [0.3, 0.4) is 0 Å². The van der Waals surface area contributed by atoms with Gasteiger partial charge >= 0.3 is 156 Å². The van der Waals surface area contributed by atoms with Crippen molar-refractivity contribution in [1.82, 2.24) is 4.90 Å². The minimum atomic E-state index is -0.471. The summed E-state index contributed by atoms with van der Waals surface area (Å²) in [6.07, 6.45) is 4.25. The summed E-state index contributed by atoms with van der Waals surface area (Å²) in [4.78, 5) is 26.5. The summed E-state index contributed by atoms with van der Waals surface area (Å²) < 4.78 is 7.68. The quantitative estimate of drug-likeness (QED) is 0.710. The standard InChI is InChI=1S/C20H25NO3Se/c1-19(2,3)24-18(23)21-11-9-20(10-12-21)13-16(22)17(14-20)25-15-7-5-4-6-8-15/h4-8,14H,9-13H2,1-3H3. The van der Waals surface area contributed by atoms with Crippen molar-refractivity contribution in [3.8, 4) is 0 Å². The van der Waals surface area contributed by atoms with E-state index < -0.39 is 5.60 Å². The van der Waals surface area contributed by atoms with Gasteiger partial charge in [-0.1, -0.05) is 0 Å². The first kappa shape index (κ1) is 18.2. The van der Waals surface area contributed by atoms with Gasteiger partial charge in [0.05, 0.1) is 0 Å². The number of rotatable bonds is 2. The zero-order valence-corrected chi connectivity index (χ0v) is 16.8. The van der Waals surface area contributed by atoms with E-state index in [-0.39, 0.29) is 32.2 Å². The van der Waals surface area contributed by atoms with Gasteiger partial charge in [0.15, 0.2) is 0 Å². The van der Waals surface area contributed by atoms with Gasteiger partial charge in [0.2, 0.25) is 0 Å². The number of ether oxygens (including phenoxy) is 1. The second-order valence-corrected chi connectivity index (χ2v) is 10.2. The summed E-state index contributed by atoms with van der Waals surface area (Å²) in [7, 11) is 0. The molecule has 2 aliphatic rings. The fourth-order valence-corrected chi connectivity index (χ4v) is 5.49. The number of carbonyl (C=O) groups excluding carboxylic acids is 2. The molecule has 1 aromatic rings. The Hall–Kier alpha value is -1.58. The second kappa shape index (κ2) is 6.97. The summed E-state index contributed by atoms with van der Waals surface area (Å²) in [5, 5.41) is 0. The average Bonchev–Trinajstić information content (AvgIpc) is 2.82. The van der Waals surface area contributed by atoms with Crippen LogP contribution in [0.1, 0.15) is 40.0 Å². The summed E-state index contributed by atoms with van der Waals surface area (Å²) in [5.74, 6) is 0.287. The Morgan fingerprint density at radius 1 is 1.16 bits per heavy atom. The van der Waals surface area contributed by atoms with Gasteiger partial charge < -0.3 is 0 Å². The molecule has 1 heterocycles. The van der Waals surface area contributed by atoms with Crippen LogP contribution in [-0.4, -0.2) is 50.4 Å². The van der Waals surface area contributed by atoms with Crippen molar-refractivity contribution >= 4 is 31.3 Å². The van der Waals surface area contributed by atoms with Gasteiger partial charge in [0, 0.05) is 0 Å². The third-order valence-electron chi connectivity index (χ3n) is 4.61. The molecule has 0 bridgehead atoms. The van der Waals surface area contributed by atoms with Crippen LogP contribution in [-0.2, 0) is 9.53 Å². The van der Waals surface area contributed by atoms with Gasteiger partial charge in [-0.2, -0.15) is 0 Å². The van der Waals surface area contributed by atoms with E-state index >= 15 is 0 Å². The van der Waals surface area contributed by atoms with E-state index in [0.717, 1.165) is 17.3 Å². The molecule has 3 rings (SSSR count). The molecule has 25 heavy (non-hydrogen) atoms. The molecule has 1 aliphatic heterocycles. The topological polar surface area (TPSA) is 46.6 Å². The van der Waals surface area contributed by atoms with Crippen molar-refractivity contribution in [2.45, 2.75) is 45.6 Å². The van der Waals surface area contributed by atoms with Crippen molar-refractivity contribution in [1.29, 1.82) is 0 Å². The molecular formula is C20H25NO3Se. The molecule has 0 saturated carbocycles. The SMILES string of the molecule is CC(C)(C)OC(=O)N1CCC2(C=C([Se]c3ccccc3)C(=O)C2)CC1. The molecule has 1 aliphatic carbocycles. The number of allylic oxidation sites excluding steroid dienone is 2. The molecule has 1 amide bonds. The molecule has 0 atom stereocenters. The molecule has 1 aromatic carbocycles. The molecular weight excluding hydrogens is 381 g/mol. The Labute approximate surface area is 155 Å². The molecule has 1 spiro atoms. The number of amides is 1. The molecule has 1 fully saturated rings. The monoisotopic (exact) mass is 407 g/mol. The van der Waals surface area contributed by atoms with Crippen LogP contribution in [0.15, 0.2) is 40.9 Å². The van der Waals surface area contributed by atoms with E-state index in [1.54, 1.807) is 4.90 Å². The van der Waals surface area contributed by atoms with Crippen LogP contribution < -0.4 is 4.46 Å². The Bertz CT molecular complexity index is 683. The van der Waals surface area contributed by atoms with E-state index in [9.17, 15) is 9.59 Å². The fourth-order valence-electron chi connectivity index (χ4n) is 3.30. The van der Waals surface area contributed by atoms with Crippen molar-refractivity contribution in [3.05, 3.63) is 40.9 Å². The summed E-state index contributed by atoms with van der Waals surface area (Å²) in [5.41, 5.74) is -0.526. The molecule has 0 radical (unpaired) electrons. The molecule has 0 N–H and O–H groups in total. The number of carbonyl (C=O) groups is 2. The van der Waals surface area contributed by atoms with Gasteiger partial charge in [-0.15, -0.1) is 0 Å². The fraction of sp³-hybridized carbons (Fsp3) is 0.500. The Morgan fingerprint density at radius 2 is 1.80 bits per heavy atom. The Kier molecular flexibility index (Phi) is 5.08. The molecule has 0 aromatic heterocycles. The van der Waals surface area contributed by atoms with Crippen LogP contribution in [0, 0.1) is 5.41 Å². The number of Topliss-reactive ketones (excluding diaryl/α,β-unsaturated/α-hetero) is 1. The van der Waals surface area contributed by atoms with E-state index in [0.29, 0.717) is 19.5 Å². The van der Waals surface area contributed by atoms with E-state index in [2.05, 4.69) is 18.2 Å². The normalized spacial score (nSPS) is 19.9. The van der Waals surface area contributed by atoms with Gasteiger partial charge in [0.25, 0.3) is 0 Å². The first-order valence-electron chi connectivity index (χ1n) is 8.73. The van der Waals surface area contributed by atoms with Crippen LogP contribution >= 0.6 is 0 Å². The minimum absolute atomic E-state index is 0.0541. The second-order valence-electron chi connectivity index (χ2n) is 7.85. The molecule has 4 nitrogen and oxygen atoms in total. The predicted molar refractivity (Wildman–Crippen MR) is 99.0 cm³/mol. The average molecular weight is 406 g/mol. The summed E-state index contributed by atoms with van der Waals surface area (Å²) >= 11 is 0.0736. The van der Waals surface area contributed by atoms with Crippen molar-refractivity contribution < 1.29 is 14.3 Å². The van der Waals surface area contributed by atoms with Crippen molar-refractivity contribution in [3.63, 3.8) is 0 Å². The number of piperidine rings is 1. The van der Waals surface area contributed by atoms with Crippen molar-refractivity contribution in [2.24, 2.45) is 5.41 Å². The Balaban J connectivity index is 1.63. The predicted octanol–water partition coefficient (Wildman–Crippen LogP) is 2.89. The number of ketones is 1. The maximum absolute atomic E-state index is 12.5. The van der Waals surface area contributed by atoms with Gasteiger partial charge in [-0.05, 0) is 0 Å². The number of likely N-dealkylation sites (tertiary alicyclic amines) is 1. The van der Waals surface area contributed by atoms with Crippen LogP contribution in [0.4, 0.5) is 4.79 Å². The van der Waals surface area contributed by atoms with Crippen molar-refractivity contribution in [2.75, 3.05) is 13.1 Å². The number of hydrogen-bond donors (Lipinski definition) is 0. The molecule has 134 valence electrons. The first-order valence-corrected chi connectivity index (χ1v) is 10.4. The zero-order chi connectivity index (χ0) is 18.1. The third-order valence-corrected chi connectivity index (χ3v) is 6.86. The summed E-state index contributed by atoms with van der Waals surface area (Å²) in [6.45, 7) is 6.96. The van der Waals surface area contributed by atoms with Crippen LogP contribution in [0.5, 0.6) is 0 Å². The third kappa shape index (κ3) is 4.53. The van der Waals surface area contributed by atoms with Crippen LogP contribution in [0.2, 0.25) is 0 Å². The zero-order valence-electron chi connectivity index (χ0n) is 15.1. The van der Waals surface area contributed by atoms with Gasteiger partial charge in [-0.25, -0.2) is 0 Å². The van der Waals surface area contributed by atoms with E-state index in [1.807, 2.05) is 39.0 Å². The number of nitrogens with zero attached hydrogens (tertiary/aromatic N) is 1. The van der Waals surface area contributed by atoms with E-state index in [4.69, 9.17) is 4.74 Å². The molecule has 1 saturated heterocycles. The molecule has 5 heteroatoms. The molecule has 0 unspecified atom stereocenters. The Morgan fingerprint density at radius 3 is 2.40 bits per heavy atom. The van der Waals surface area contributed by atoms with Gasteiger partial charge in [-0.3, -0.25) is 0 Å².